The quantitative estimate of drug-likeness (QED) is 0.892. The van der Waals surface area contributed by atoms with Crippen molar-refractivity contribution in [2.24, 2.45) is 0 Å². The molecule has 1 N–H and O–H groups in total. The monoisotopic (exact) mass is 334 g/mol. The minimum atomic E-state index is 0.231. The molecule has 2 heterocycles. The van der Waals surface area contributed by atoms with E-state index in [-0.39, 0.29) is 5.91 Å². The first kappa shape index (κ1) is 16.1. The van der Waals surface area contributed by atoms with Crippen molar-refractivity contribution in [2.75, 3.05) is 20.1 Å². The Balaban J connectivity index is 1.75. The number of nitrogens with zero attached hydrogens (tertiary/aromatic N) is 1. The SMILES string of the molecule is CN(C(=O)CCCc1cc(Cl)sc1Cl)C1CCNCC1. The number of carbonyl (C=O) groups excluding carboxylic acids is 1. The lowest BCUT2D eigenvalue weighted by atomic mass is 10.0. The van der Waals surface area contributed by atoms with E-state index in [1.807, 2.05) is 18.0 Å². The van der Waals surface area contributed by atoms with Crippen molar-refractivity contribution >= 4 is 40.4 Å². The van der Waals surface area contributed by atoms with Gasteiger partial charge >= 0.3 is 0 Å². The van der Waals surface area contributed by atoms with Crippen LogP contribution in [0.15, 0.2) is 6.07 Å². The predicted molar refractivity (Wildman–Crippen MR) is 85.9 cm³/mol. The van der Waals surface area contributed by atoms with E-state index in [1.54, 1.807) is 0 Å². The molecule has 0 aromatic carbocycles. The van der Waals surface area contributed by atoms with Crippen LogP contribution in [0.1, 0.15) is 31.2 Å². The molecule has 6 heteroatoms. The first-order valence-corrected chi connectivity index (χ1v) is 8.55. The number of hydrogen-bond acceptors (Lipinski definition) is 3. The fraction of sp³-hybridized carbons (Fsp3) is 0.643. The Bertz CT molecular complexity index is 458. The lowest BCUT2D eigenvalue weighted by Gasteiger charge is -2.31. The molecule has 0 aliphatic carbocycles. The van der Waals surface area contributed by atoms with Gasteiger partial charge in [-0.3, -0.25) is 4.79 Å². The summed E-state index contributed by atoms with van der Waals surface area (Å²) in [6, 6.07) is 2.29. The summed E-state index contributed by atoms with van der Waals surface area (Å²) in [6.07, 6.45) is 4.31. The summed E-state index contributed by atoms with van der Waals surface area (Å²) in [4.78, 5) is 14.1. The highest BCUT2D eigenvalue weighted by atomic mass is 35.5. The Morgan fingerprint density at radius 2 is 2.15 bits per heavy atom. The van der Waals surface area contributed by atoms with Gasteiger partial charge in [0, 0.05) is 19.5 Å². The molecule has 0 unspecified atom stereocenters. The fourth-order valence-corrected chi connectivity index (χ4v) is 4.09. The topological polar surface area (TPSA) is 32.3 Å². The van der Waals surface area contributed by atoms with Crippen LogP contribution >= 0.6 is 34.5 Å². The van der Waals surface area contributed by atoms with Gasteiger partial charge in [0.25, 0.3) is 0 Å². The number of carbonyl (C=O) groups is 1. The Morgan fingerprint density at radius 1 is 1.45 bits per heavy atom. The number of aryl methyl sites for hydroxylation is 1. The van der Waals surface area contributed by atoms with Crippen LogP contribution in [0.2, 0.25) is 8.67 Å². The molecule has 1 aliphatic heterocycles. The maximum atomic E-state index is 12.2. The van der Waals surface area contributed by atoms with Crippen molar-refractivity contribution in [3.05, 3.63) is 20.3 Å². The summed E-state index contributed by atoms with van der Waals surface area (Å²) in [5, 5.41) is 3.32. The summed E-state index contributed by atoms with van der Waals surface area (Å²) < 4.78 is 1.46. The van der Waals surface area contributed by atoms with Gasteiger partial charge in [-0.25, -0.2) is 0 Å². The highest BCUT2D eigenvalue weighted by molar-refractivity contribution is 7.20. The molecule has 1 aromatic heterocycles. The maximum absolute atomic E-state index is 12.2. The smallest absolute Gasteiger partial charge is 0.222 e. The molecule has 20 heavy (non-hydrogen) atoms. The van der Waals surface area contributed by atoms with E-state index < -0.39 is 0 Å². The van der Waals surface area contributed by atoms with Crippen LogP contribution in [0.3, 0.4) is 0 Å². The van der Waals surface area contributed by atoms with Gasteiger partial charge in [0.05, 0.1) is 8.67 Å². The number of thiophene rings is 1. The van der Waals surface area contributed by atoms with Gasteiger partial charge in [-0.2, -0.15) is 0 Å². The van der Waals surface area contributed by atoms with E-state index in [0.717, 1.165) is 48.7 Å². The number of rotatable bonds is 5. The summed E-state index contributed by atoms with van der Waals surface area (Å²) in [5.74, 6) is 0.231. The molecule has 112 valence electrons. The molecule has 1 saturated heterocycles. The van der Waals surface area contributed by atoms with Gasteiger partial charge in [-0.05, 0) is 50.4 Å². The second-order valence-corrected chi connectivity index (χ2v) is 7.47. The molecule has 0 saturated carbocycles. The van der Waals surface area contributed by atoms with E-state index in [2.05, 4.69) is 5.32 Å². The fourth-order valence-electron chi connectivity index (χ4n) is 2.55. The van der Waals surface area contributed by atoms with Crippen molar-refractivity contribution in [3.8, 4) is 0 Å². The van der Waals surface area contributed by atoms with Crippen molar-refractivity contribution in [1.82, 2.24) is 10.2 Å². The summed E-state index contributed by atoms with van der Waals surface area (Å²) in [5.41, 5.74) is 1.05. The molecule has 1 aromatic rings. The third-order valence-corrected chi connectivity index (χ3v) is 5.38. The highest BCUT2D eigenvalue weighted by Crippen LogP contribution is 2.32. The average molecular weight is 335 g/mol. The van der Waals surface area contributed by atoms with Gasteiger partial charge in [0.2, 0.25) is 5.91 Å². The van der Waals surface area contributed by atoms with E-state index >= 15 is 0 Å². The molecule has 2 rings (SSSR count). The second kappa shape index (κ2) is 7.64. The largest absolute Gasteiger partial charge is 0.343 e. The Kier molecular flexibility index (Phi) is 6.15. The average Bonchev–Trinajstić information content (AvgIpc) is 2.77. The number of nitrogens with one attached hydrogen (secondary N) is 1. The van der Waals surface area contributed by atoms with Gasteiger partial charge in [0.15, 0.2) is 0 Å². The van der Waals surface area contributed by atoms with Crippen LogP contribution in [-0.4, -0.2) is 37.0 Å². The van der Waals surface area contributed by atoms with Gasteiger partial charge < -0.3 is 10.2 Å². The van der Waals surface area contributed by atoms with Crippen LogP contribution in [0.5, 0.6) is 0 Å². The lowest BCUT2D eigenvalue weighted by molar-refractivity contribution is -0.132. The van der Waals surface area contributed by atoms with Crippen LogP contribution < -0.4 is 5.32 Å². The molecule has 0 bridgehead atoms. The van der Waals surface area contributed by atoms with Crippen LogP contribution in [0.25, 0.3) is 0 Å². The third-order valence-electron chi connectivity index (χ3n) is 3.81. The Hall–Kier alpha value is -0.290. The van der Waals surface area contributed by atoms with Crippen molar-refractivity contribution in [1.29, 1.82) is 0 Å². The summed E-state index contributed by atoms with van der Waals surface area (Å²) >= 11 is 13.4. The van der Waals surface area contributed by atoms with Gasteiger partial charge in [0.1, 0.15) is 0 Å². The first-order chi connectivity index (χ1) is 9.58. The van der Waals surface area contributed by atoms with Gasteiger partial charge in [-0.15, -0.1) is 11.3 Å². The molecular weight excluding hydrogens is 315 g/mol. The van der Waals surface area contributed by atoms with E-state index in [0.29, 0.717) is 16.8 Å². The van der Waals surface area contributed by atoms with E-state index in [9.17, 15) is 4.79 Å². The number of hydrogen-bond donors (Lipinski definition) is 1. The molecule has 0 radical (unpaired) electrons. The summed E-state index contributed by atoms with van der Waals surface area (Å²) in [7, 11) is 1.92. The van der Waals surface area contributed by atoms with Gasteiger partial charge in [-0.1, -0.05) is 23.2 Å². The Labute approximate surface area is 134 Å². The zero-order chi connectivity index (χ0) is 14.5. The molecule has 1 amide bonds. The molecule has 0 atom stereocenters. The minimum Gasteiger partial charge on any atom is -0.343 e. The zero-order valence-electron chi connectivity index (χ0n) is 11.6. The van der Waals surface area contributed by atoms with E-state index in [4.69, 9.17) is 23.2 Å². The lowest BCUT2D eigenvalue weighted by Crippen LogP contribution is -2.43. The van der Waals surface area contributed by atoms with Crippen LogP contribution in [0, 0.1) is 0 Å². The highest BCUT2D eigenvalue weighted by Gasteiger charge is 2.21. The molecule has 1 aliphatic rings. The number of piperidine rings is 1. The van der Waals surface area contributed by atoms with Crippen molar-refractivity contribution in [2.45, 2.75) is 38.1 Å². The standard InChI is InChI=1S/C14H20Cl2N2OS/c1-18(11-5-7-17-8-6-11)13(19)4-2-3-10-9-12(15)20-14(10)16/h9,11,17H,2-8H2,1H3. The zero-order valence-corrected chi connectivity index (χ0v) is 14.0. The molecule has 0 spiro atoms. The molecule has 3 nitrogen and oxygen atoms in total. The van der Waals surface area contributed by atoms with Crippen LogP contribution in [0.4, 0.5) is 0 Å². The minimum absolute atomic E-state index is 0.231. The number of amides is 1. The molecule has 1 fully saturated rings. The first-order valence-electron chi connectivity index (χ1n) is 6.98. The Morgan fingerprint density at radius 3 is 2.75 bits per heavy atom. The van der Waals surface area contributed by atoms with Crippen molar-refractivity contribution < 1.29 is 4.79 Å². The molecular formula is C14H20Cl2N2OS. The third kappa shape index (κ3) is 4.35. The van der Waals surface area contributed by atoms with Crippen molar-refractivity contribution in [3.63, 3.8) is 0 Å². The van der Waals surface area contributed by atoms with Crippen LogP contribution in [-0.2, 0) is 11.2 Å². The summed E-state index contributed by atoms with van der Waals surface area (Å²) in [6.45, 7) is 2.01. The predicted octanol–water partition coefficient (Wildman–Crippen LogP) is 3.59. The van der Waals surface area contributed by atoms with E-state index in [1.165, 1.54) is 11.3 Å². The number of halogens is 2. The normalized spacial score (nSPS) is 16.4. The second-order valence-electron chi connectivity index (χ2n) is 5.19. The maximum Gasteiger partial charge on any atom is 0.222 e.